The summed E-state index contributed by atoms with van der Waals surface area (Å²) < 4.78 is 0. The summed E-state index contributed by atoms with van der Waals surface area (Å²) in [4.78, 5) is 0. The summed E-state index contributed by atoms with van der Waals surface area (Å²) in [6.07, 6.45) is 4.92. The lowest BCUT2D eigenvalue weighted by molar-refractivity contribution is 0.232. The maximum Gasteiger partial charge on any atom is 0.101 e. The quantitative estimate of drug-likeness (QED) is 0.846. The Labute approximate surface area is 114 Å². The van der Waals surface area contributed by atoms with E-state index in [0.29, 0.717) is 22.0 Å². The van der Waals surface area contributed by atoms with Crippen molar-refractivity contribution in [3.63, 3.8) is 0 Å². The van der Waals surface area contributed by atoms with Crippen molar-refractivity contribution in [3.05, 3.63) is 28.8 Å². The third-order valence-electron chi connectivity index (χ3n) is 3.80. The van der Waals surface area contributed by atoms with Crippen molar-refractivity contribution < 1.29 is 0 Å². The van der Waals surface area contributed by atoms with Crippen LogP contribution >= 0.6 is 11.6 Å². The molecule has 1 aliphatic rings. The summed E-state index contributed by atoms with van der Waals surface area (Å²) in [6, 6.07) is 8.16. The lowest BCUT2D eigenvalue weighted by Crippen LogP contribution is -2.29. The summed E-state index contributed by atoms with van der Waals surface area (Å²) in [5.74, 6) is 0. The van der Waals surface area contributed by atoms with Gasteiger partial charge in [-0.15, -0.1) is 0 Å². The highest BCUT2D eigenvalue weighted by Gasteiger charge is 2.26. The average molecular weight is 263 g/mol. The fourth-order valence-corrected chi connectivity index (χ4v) is 2.70. The fraction of sp³-hybridized carbons (Fsp3) is 0.533. The predicted molar refractivity (Wildman–Crippen MR) is 75.8 cm³/mol. The van der Waals surface area contributed by atoms with Crippen LogP contribution in [0.15, 0.2) is 18.2 Å². The Hall–Kier alpha value is -1.20. The molecule has 0 aliphatic heterocycles. The van der Waals surface area contributed by atoms with Crippen LogP contribution in [0.1, 0.15) is 45.1 Å². The van der Waals surface area contributed by atoms with E-state index in [1.54, 1.807) is 6.07 Å². The van der Waals surface area contributed by atoms with E-state index in [9.17, 15) is 0 Å². The number of nitrogens with zero attached hydrogens (tertiary/aromatic N) is 1. The average Bonchev–Trinajstić information content (AvgIpc) is 2.32. The number of rotatable bonds is 2. The monoisotopic (exact) mass is 262 g/mol. The molecule has 0 radical (unpaired) electrons. The smallest absolute Gasteiger partial charge is 0.101 e. The molecule has 0 amide bonds. The Morgan fingerprint density at radius 1 is 1.33 bits per heavy atom. The Bertz CT molecular complexity index is 464. The van der Waals surface area contributed by atoms with Gasteiger partial charge in [-0.3, -0.25) is 0 Å². The molecule has 0 bridgehead atoms. The number of nitriles is 1. The van der Waals surface area contributed by atoms with Crippen molar-refractivity contribution in [1.82, 2.24) is 0 Å². The summed E-state index contributed by atoms with van der Waals surface area (Å²) in [5.41, 5.74) is 2.04. The highest BCUT2D eigenvalue weighted by molar-refractivity contribution is 6.32. The van der Waals surface area contributed by atoms with Gasteiger partial charge in [-0.1, -0.05) is 25.4 Å². The largest absolute Gasteiger partial charge is 0.382 e. The molecule has 1 saturated carbocycles. The first-order valence-electron chi connectivity index (χ1n) is 6.46. The molecule has 1 aromatic carbocycles. The molecule has 0 spiro atoms. The molecular formula is C15H19ClN2. The minimum Gasteiger partial charge on any atom is -0.382 e. The van der Waals surface area contributed by atoms with E-state index < -0.39 is 0 Å². The van der Waals surface area contributed by atoms with Crippen LogP contribution in [-0.4, -0.2) is 6.04 Å². The van der Waals surface area contributed by atoms with Gasteiger partial charge in [0.25, 0.3) is 0 Å². The molecule has 1 aromatic rings. The normalized spacial score (nSPS) is 19.2. The molecular weight excluding hydrogens is 244 g/mol. The minimum atomic E-state index is 0.487. The minimum absolute atomic E-state index is 0.487. The van der Waals surface area contributed by atoms with Crippen molar-refractivity contribution in [2.24, 2.45) is 5.41 Å². The molecule has 0 unspecified atom stereocenters. The van der Waals surface area contributed by atoms with Gasteiger partial charge in [-0.2, -0.15) is 5.26 Å². The first-order valence-corrected chi connectivity index (χ1v) is 6.84. The molecule has 1 fully saturated rings. The number of nitrogens with one attached hydrogen (secondary N) is 1. The lowest BCUT2D eigenvalue weighted by Gasteiger charge is -2.35. The molecule has 18 heavy (non-hydrogen) atoms. The molecule has 3 heteroatoms. The predicted octanol–water partition coefficient (Wildman–Crippen LogP) is 4.59. The summed E-state index contributed by atoms with van der Waals surface area (Å²) in [7, 11) is 0. The molecule has 0 heterocycles. The van der Waals surface area contributed by atoms with Crippen molar-refractivity contribution in [2.45, 2.75) is 45.6 Å². The summed E-state index contributed by atoms with van der Waals surface area (Å²) >= 11 is 6.03. The zero-order valence-electron chi connectivity index (χ0n) is 11.0. The van der Waals surface area contributed by atoms with Crippen LogP contribution in [0.5, 0.6) is 0 Å². The highest BCUT2D eigenvalue weighted by atomic mass is 35.5. The number of anilines is 1. The maximum atomic E-state index is 8.83. The van der Waals surface area contributed by atoms with Gasteiger partial charge in [0.2, 0.25) is 0 Å². The Morgan fingerprint density at radius 2 is 2.00 bits per heavy atom. The van der Waals surface area contributed by atoms with E-state index in [1.807, 2.05) is 12.1 Å². The van der Waals surface area contributed by atoms with Gasteiger partial charge in [-0.05, 0) is 49.3 Å². The molecule has 1 aliphatic carbocycles. The molecule has 0 aromatic heterocycles. The third-order valence-corrected chi connectivity index (χ3v) is 4.11. The van der Waals surface area contributed by atoms with Crippen molar-refractivity contribution >= 4 is 17.3 Å². The van der Waals surface area contributed by atoms with Crippen LogP contribution in [0, 0.1) is 16.7 Å². The fourth-order valence-electron chi connectivity index (χ4n) is 2.47. The zero-order valence-corrected chi connectivity index (χ0v) is 11.7. The van der Waals surface area contributed by atoms with E-state index in [-0.39, 0.29) is 0 Å². The second-order valence-electron chi connectivity index (χ2n) is 5.89. The van der Waals surface area contributed by atoms with Crippen molar-refractivity contribution in [1.29, 1.82) is 5.26 Å². The first kappa shape index (κ1) is 13.2. The van der Waals surface area contributed by atoms with Crippen LogP contribution < -0.4 is 5.32 Å². The van der Waals surface area contributed by atoms with E-state index in [1.165, 1.54) is 25.7 Å². The Kier molecular flexibility index (Phi) is 3.82. The number of halogens is 1. The SMILES string of the molecule is CC1(C)CCC(Nc2ccc(C#N)c(Cl)c2)CC1. The molecule has 1 N–H and O–H groups in total. The summed E-state index contributed by atoms with van der Waals surface area (Å²) in [5, 5.41) is 12.9. The Balaban J connectivity index is 1.99. The van der Waals surface area contributed by atoms with Crippen molar-refractivity contribution in [3.8, 4) is 6.07 Å². The molecule has 0 saturated heterocycles. The van der Waals surface area contributed by atoms with Gasteiger partial charge in [-0.25, -0.2) is 0 Å². The van der Waals surface area contributed by atoms with Crippen molar-refractivity contribution in [2.75, 3.05) is 5.32 Å². The molecule has 0 atom stereocenters. The van der Waals surface area contributed by atoms with E-state index in [0.717, 1.165) is 5.69 Å². The lowest BCUT2D eigenvalue weighted by atomic mass is 9.75. The molecule has 2 nitrogen and oxygen atoms in total. The second kappa shape index (κ2) is 5.20. The van der Waals surface area contributed by atoms with E-state index in [2.05, 4.69) is 25.2 Å². The highest BCUT2D eigenvalue weighted by Crippen LogP contribution is 2.36. The topological polar surface area (TPSA) is 35.8 Å². The second-order valence-corrected chi connectivity index (χ2v) is 6.30. The molecule has 96 valence electrons. The number of hydrogen-bond donors (Lipinski definition) is 1. The van der Waals surface area contributed by atoms with Gasteiger partial charge in [0.15, 0.2) is 0 Å². The van der Waals surface area contributed by atoms with Gasteiger partial charge >= 0.3 is 0 Å². The number of benzene rings is 1. The standard InChI is InChI=1S/C15H19ClN2/c1-15(2)7-5-12(6-8-15)18-13-4-3-11(10-17)14(16)9-13/h3-4,9,12,18H,5-8H2,1-2H3. The first-order chi connectivity index (χ1) is 8.50. The number of hydrogen-bond acceptors (Lipinski definition) is 2. The molecule has 2 rings (SSSR count). The maximum absolute atomic E-state index is 8.83. The van der Waals surface area contributed by atoms with Crippen LogP contribution in [0.4, 0.5) is 5.69 Å². The Morgan fingerprint density at radius 3 is 2.56 bits per heavy atom. The zero-order chi connectivity index (χ0) is 13.2. The van der Waals surface area contributed by atoms with Crippen LogP contribution in [0.25, 0.3) is 0 Å². The third kappa shape index (κ3) is 3.17. The van der Waals surface area contributed by atoms with Crippen LogP contribution in [-0.2, 0) is 0 Å². The van der Waals surface area contributed by atoms with Crippen LogP contribution in [0.3, 0.4) is 0 Å². The van der Waals surface area contributed by atoms with E-state index >= 15 is 0 Å². The summed E-state index contributed by atoms with van der Waals surface area (Å²) in [6.45, 7) is 4.67. The van der Waals surface area contributed by atoms with Gasteiger partial charge in [0.05, 0.1) is 10.6 Å². The van der Waals surface area contributed by atoms with Gasteiger partial charge in [0, 0.05) is 11.7 Å². The van der Waals surface area contributed by atoms with Gasteiger partial charge < -0.3 is 5.32 Å². The van der Waals surface area contributed by atoms with Crippen LogP contribution in [0.2, 0.25) is 5.02 Å². The van der Waals surface area contributed by atoms with Gasteiger partial charge in [0.1, 0.15) is 6.07 Å². The van der Waals surface area contributed by atoms with E-state index in [4.69, 9.17) is 16.9 Å².